The molecular formula is C10H19NO. The van der Waals surface area contributed by atoms with Crippen LogP contribution in [0, 0.1) is 11.8 Å². The molecule has 1 saturated carbocycles. The smallest absolute Gasteiger partial charge is 0.147 e. The molecule has 0 N–H and O–H groups in total. The van der Waals surface area contributed by atoms with E-state index in [4.69, 9.17) is 0 Å². The Balaban J connectivity index is 0.000000336. The van der Waals surface area contributed by atoms with E-state index in [1.165, 1.54) is 6.42 Å². The monoisotopic (exact) mass is 169 g/mol. The van der Waals surface area contributed by atoms with E-state index >= 15 is 0 Å². The maximum Gasteiger partial charge on any atom is 0.147 e. The maximum absolute atomic E-state index is 11.1. The van der Waals surface area contributed by atoms with E-state index in [9.17, 15) is 4.79 Å². The number of piperidine rings is 1. The van der Waals surface area contributed by atoms with E-state index < -0.39 is 0 Å². The lowest BCUT2D eigenvalue weighted by molar-refractivity contribution is -0.121. The molecule has 0 radical (unpaired) electrons. The topological polar surface area (TPSA) is 20.3 Å². The lowest BCUT2D eigenvalue weighted by Crippen LogP contribution is -2.34. The molecule has 1 aliphatic heterocycles. The minimum Gasteiger partial charge on any atom is -0.298 e. The first-order chi connectivity index (χ1) is 5.70. The highest BCUT2D eigenvalue weighted by atomic mass is 16.1. The van der Waals surface area contributed by atoms with Crippen LogP contribution in [0.5, 0.6) is 0 Å². The fourth-order valence-electron chi connectivity index (χ4n) is 2.29. The molecule has 2 aliphatic rings. The van der Waals surface area contributed by atoms with E-state index in [-0.39, 0.29) is 6.04 Å². The highest BCUT2D eigenvalue weighted by Crippen LogP contribution is 2.48. The third-order valence-corrected chi connectivity index (χ3v) is 2.80. The van der Waals surface area contributed by atoms with Gasteiger partial charge in [-0.25, -0.2) is 0 Å². The van der Waals surface area contributed by atoms with Crippen LogP contribution >= 0.6 is 0 Å². The molecule has 2 rings (SSSR count). The van der Waals surface area contributed by atoms with Gasteiger partial charge in [0.25, 0.3) is 0 Å². The van der Waals surface area contributed by atoms with Gasteiger partial charge in [0.05, 0.1) is 6.04 Å². The summed E-state index contributed by atoms with van der Waals surface area (Å²) in [5.74, 6) is 1.94. The molecule has 2 nitrogen and oxygen atoms in total. The van der Waals surface area contributed by atoms with Gasteiger partial charge in [0.1, 0.15) is 5.78 Å². The van der Waals surface area contributed by atoms with Crippen molar-refractivity contribution in [3.63, 3.8) is 0 Å². The first kappa shape index (κ1) is 9.72. The lowest BCUT2D eigenvalue weighted by Gasteiger charge is -2.19. The van der Waals surface area contributed by atoms with E-state index in [1.807, 2.05) is 13.8 Å². The van der Waals surface area contributed by atoms with Gasteiger partial charge in [-0.2, -0.15) is 0 Å². The third kappa shape index (κ3) is 1.53. The average molecular weight is 169 g/mol. The maximum atomic E-state index is 11.1. The SMILES string of the molecule is CC.CC(=O)C1C2CC2CN1C. The fraction of sp³-hybridized carbons (Fsp3) is 0.900. The fourth-order valence-corrected chi connectivity index (χ4v) is 2.29. The number of nitrogens with zero attached hydrogens (tertiary/aromatic N) is 1. The normalized spacial score (nSPS) is 38.2. The lowest BCUT2D eigenvalue weighted by atomic mass is 10.1. The number of fused-ring (bicyclic) bond motifs is 1. The number of rotatable bonds is 1. The van der Waals surface area contributed by atoms with Gasteiger partial charge in [-0.3, -0.25) is 9.69 Å². The summed E-state index contributed by atoms with van der Waals surface area (Å²) in [5.41, 5.74) is 0. The van der Waals surface area contributed by atoms with Crippen LogP contribution in [0.4, 0.5) is 0 Å². The Hall–Kier alpha value is -0.370. The molecule has 0 aromatic heterocycles. The third-order valence-electron chi connectivity index (χ3n) is 2.80. The number of likely N-dealkylation sites (tertiary alicyclic amines) is 1. The van der Waals surface area contributed by atoms with Crippen LogP contribution < -0.4 is 0 Å². The van der Waals surface area contributed by atoms with E-state index in [0.717, 1.165) is 18.4 Å². The molecular weight excluding hydrogens is 150 g/mol. The van der Waals surface area contributed by atoms with Crippen LogP contribution in [0.1, 0.15) is 27.2 Å². The Kier molecular flexibility index (Phi) is 2.89. The van der Waals surface area contributed by atoms with Crippen LogP contribution in [0.25, 0.3) is 0 Å². The summed E-state index contributed by atoms with van der Waals surface area (Å²) in [5, 5.41) is 0. The van der Waals surface area contributed by atoms with Gasteiger partial charge in [-0.1, -0.05) is 13.8 Å². The molecule has 1 heterocycles. The second-order valence-electron chi connectivity index (χ2n) is 3.65. The average Bonchev–Trinajstić information content (AvgIpc) is 2.66. The number of likely N-dealkylation sites (N-methyl/N-ethyl adjacent to an activating group) is 1. The molecule has 70 valence electrons. The second kappa shape index (κ2) is 3.56. The van der Waals surface area contributed by atoms with Crippen molar-refractivity contribution >= 4 is 5.78 Å². The molecule has 2 fully saturated rings. The Labute approximate surface area is 74.9 Å². The number of Topliss-reactive ketones (excluding diaryl/α,β-unsaturated/α-hetero) is 1. The molecule has 2 heteroatoms. The molecule has 0 spiro atoms. The quantitative estimate of drug-likeness (QED) is 0.593. The van der Waals surface area contributed by atoms with Gasteiger partial charge in [0, 0.05) is 6.54 Å². The molecule has 0 aromatic rings. The first-order valence-corrected chi connectivity index (χ1v) is 4.91. The van der Waals surface area contributed by atoms with Crippen LogP contribution in [-0.2, 0) is 4.79 Å². The van der Waals surface area contributed by atoms with Crippen LogP contribution in [0.2, 0.25) is 0 Å². The summed E-state index contributed by atoms with van der Waals surface area (Å²) < 4.78 is 0. The molecule has 0 aromatic carbocycles. The zero-order valence-corrected chi connectivity index (χ0v) is 8.50. The van der Waals surface area contributed by atoms with E-state index in [2.05, 4.69) is 11.9 Å². The Morgan fingerprint density at radius 3 is 2.25 bits per heavy atom. The van der Waals surface area contributed by atoms with Gasteiger partial charge < -0.3 is 0 Å². The second-order valence-corrected chi connectivity index (χ2v) is 3.65. The van der Waals surface area contributed by atoms with E-state index in [1.54, 1.807) is 6.92 Å². The van der Waals surface area contributed by atoms with Crippen molar-refractivity contribution in [1.29, 1.82) is 0 Å². The summed E-state index contributed by atoms with van der Waals surface area (Å²) in [4.78, 5) is 13.2. The van der Waals surface area contributed by atoms with Gasteiger partial charge >= 0.3 is 0 Å². The van der Waals surface area contributed by atoms with Crippen molar-refractivity contribution in [2.45, 2.75) is 33.2 Å². The summed E-state index contributed by atoms with van der Waals surface area (Å²) >= 11 is 0. The predicted molar refractivity (Wildman–Crippen MR) is 50.0 cm³/mol. The number of ketones is 1. The number of carbonyl (C=O) groups is 1. The number of hydrogen-bond donors (Lipinski definition) is 0. The van der Waals surface area contributed by atoms with Crippen molar-refractivity contribution in [2.75, 3.05) is 13.6 Å². The highest BCUT2D eigenvalue weighted by Gasteiger charge is 2.52. The Morgan fingerprint density at radius 1 is 1.42 bits per heavy atom. The van der Waals surface area contributed by atoms with Gasteiger partial charge in [0.15, 0.2) is 0 Å². The van der Waals surface area contributed by atoms with Gasteiger partial charge in [-0.15, -0.1) is 0 Å². The standard InChI is InChI=1S/C8H13NO.C2H6/c1-5(10)8-7-3-6(7)4-9(8)2;1-2/h6-8H,3-4H2,1-2H3;1-2H3. The largest absolute Gasteiger partial charge is 0.298 e. The molecule has 12 heavy (non-hydrogen) atoms. The highest BCUT2D eigenvalue weighted by molar-refractivity contribution is 5.82. The summed E-state index contributed by atoms with van der Waals surface area (Å²) in [6.45, 7) is 6.86. The summed E-state index contributed by atoms with van der Waals surface area (Å²) in [6.07, 6.45) is 1.30. The molecule has 0 bridgehead atoms. The van der Waals surface area contributed by atoms with Crippen LogP contribution in [-0.4, -0.2) is 30.3 Å². The number of hydrogen-bond acceptors (Lipinski definition) is 2. The minimum atomic E-state index is 0.269. The van der Waals surface area contributed by atoms with Crippen molar-refractivity contribution in [1.82, 2.24) is 4.90 Å². The van der Waals surface area contributed by atoms with Gasteiger partial charge in [0.2, 0.25) is 0 Å². The summed E-state index contributed by atoms with van der Waals surface area (Å²) in [6, 6.07) is 0.269. The molecule has 3 unspecified atom stereocenters. The zero-order valence-electron chi connectivity index (χ0n) is 8.50. The molecule has 1 aliphatic carbocycles. The van der Waals surface area contributed by atoms with Crippen molar-refractivity contribution in [2.24, 2.45) is 11.8 Å². The van der Waals surface area contributed by atoms with Crippen molar-refractivity contribution < 1.29 is 4.79 Å². The summed E-state index contributed by atoms with van der Waals surface area (Å²) in [7, 11) is 2.05. The van der Waals surface area contributed by atoms with Crippen molar-refractivity contribution in [3.05, 3.63) is 0 Å². The first-order valence-electron chi connectivity index (χ1n) is 4.91. The van der Waals surface area contributed by atoms with Crippen LogP contribution in [0.15, 0.2) is 0 Å². The van der Waals surface area contributed by atoms with Crippen molar-refractivity contribution in [3.8, 4) is 0 Å². The minimum absolute atomic E-state index is 0.269. The molecule has 1 saturated heterocycles. The molecule has 0 amide bonds. The van der Waals surface area contributed by atoms with Gasteiger partial charge in [-0.05, 0) is 32.2 Å². The van der Waals surface area contributed by atoms with Crippen LogP contribution in [0.3, 0.4) is 0 Å². The zero-order chi connectivity index (χ0) is 9.30. The Morgan fingerprint density at radius 2 is 2.00 bits per heavy atom. The van der Waals surface area contributed by atoms with E-state index in [0.29, 0.717) is 5.78 Å². The Bertz CT molecular complexity index is 177. The number of carbonyl (C=O) groups excluding carboxylic acids is 1. The molecule has 3 atom stereocenters. The predicted octanol–water partition coefficient (Wildman–Crippen LogP) is 1.55.